The molecular formula is C15H16N2O4. The van der Waals surface area contributed by atoms with Crippen LogP contribution in [0.3, 0.4) is 0 Å². The van der Waals surface area contributed by atoms with Crippen LogP contribution in [-0.4, -0.2) is 29.4 Å². The number of carbonyl (C=O) groups excluding carboxylic acids is 1. The second-order valence-corrected chi connectivity index (χ2v) is 4.96. The maximum Gasteiger partial charge on any atom is 0.409 e. The minimum atomic E-state index is -0.421. The first kappa shape index (κ1) is 13.5. The average Bonchev–Trinajstić information content (AvgIpc) is 2.83. The summed E-state index contributed by atoms with van der Waals surface area (Å²) in [5, 5.41) is 0. The number of methoxy groups -OCH3 is 1. The third-order valence-corrected chi connectivity index (χ3v) is 3.60. The van der Waals surface area contributed by atoms with E-state index >= 15 is 0 Å². The number of ether oxygens (including phenoxy) is 1. The van der Waals surface area contributed by atoms with Crippen LogP contribution in [0.2, 0.25) is 0 Å². The van der Waals surface area contributed by atoms with Crippen LogP contribution in [0.15, 0.2) is 39.6 Å². The van der Waals surface area contributed by atoms with Gasteiger partial charge in [0.25, 0.3) is 5.56 Å². The van der Waals surface area contributed by atoms with E-state index < -0.39 is 6.09 Å². The molecule has 6 heteroatoms. The van der Waals surface area contributed by atoms with Crippen molar-refractivity contribution in [3.05, 3.63) is 57.6 Å². The van der Waals surface area contributed by atoms with Crippen LogP contribution >= 0.6 is 0 Å². The lowest BCUT2D eigenvalue weighted by molar-refractivity contribution is 0.116. The summed E-state index contributed by atoms with van der Waals surface area (Å²) in [6.07, 6.45) is 0.109. The topological polar surface area (TPSA) is 64.7 Å². The number of carbonyl (C=O) groups is 1. The SMILES string of the molecule is COC(=O)N1CCc2on(Cc3ccccc3)c(=O)c2C1. The number of rotatable bonds is 2. The lowest BCUT2D eigenvalue weighted by Crippen LogP contribution is -2.37. The summed E-state index contributed by atoms with van der Waals surface area (Å²) >= 11 is 0. The van der Waals surface area contributed by atoms with Gasteiger partial charge in [-0.05, 0) is 5.56 Å². The van der Waals surface area contributed by atoms with E-state index in [1.54, 1.807) is 0 Å². The van der Waals surface area contributed by atoms with Gasteiger partial charge in [-0.2, -0.15) is 4.74 Å². The first-order chi connectivity index (χ1) is 10.2. The van der Waals surface area contributed by atoms with Crippen LogP contribution in [0.1, 0.15) is 16.9 Å². The minimum Gasteiger partial charge on any atom is -0.453 e. The van der Waals surface area contributed by atoms with E-state index in [2.05, 4.69) is 0 Å². The van der Waals surface area contributed by atoms with Crippen molar-refractivity contribution in [3.63, 3.8) is 0 Å². The maximum atomic E-state index is 12.4. The van der Waals surface area contributed by atoms with Gasteiger partial charge in [-0.25, -0.2) is 4.79 Å². The highest BCUT2D eigenvalue weighted by atomic mass is 16.5. The standard InChI is InChI=1S/C15H16N2O4/c1-20-15(19)16-8-7-13-12(10-16)14(18)17(21-13)9-11-5-3-2-4-6-11/h2-6H,7-10H2,1H3. The molecule has 0 saturated heterocycles. The first-order valence-corrected chi connectivity index (χ1v) is 6.77. The predicted octanol–water partition coefficient (Wildman–Crippen LogP) is 1.61. The molecule has 1 aliphatic heterocycles. The summed E-state index contributed by atoms with van der Waals surface area (Å²) < 4.78 is 11.7. The largest absolute Gasteiger partial charge is 0.453 e. The first-order valence-electron chi connectivity index (χ1n) is 6.77. The summed E-state index contributed by atoms with van der Waals surface area (Å²) in [6, 6.07) is 9.64. The van der Waals surface area contributed by atoms with Gasteiger partial charge in [0, 0.05) is 13.0 Å². The van der Waals surface area contributed by atoms with Gasteiger partial charge in [-0.15, -0.1) is 0 Å². The molecule has 0 N–H and O–H groups in total. The van der Waals surface area contributed by atoms with Gasteiger partial charge < -0.3 is 14.2 Å². The van der Waals surface area contributed by atoms with Crippen molar-refractivity contribution in [2.24, 2.45) is 0 Å². The summed E-state index contributed by atoms with van der Waals surface area (Å²) in [4.78, 5) is 25.4. The normalized spacial score (nSPS) is 13.9. The molecule has 3 rings (SSSR count). The van der Waals surface area contributed by atoms with Gasteiger partial charge in [-0.1, -0.05) is 30.3 Å². The van der Waals surface area contributed by atoms with Crippen molar-refractivity contribution in [2.45, 2.75) is 19.5 Å². The quantitative estimate of drug-likeness (QED) is 0.842. The molecule has 21 heavy (non-hydrogen) atoms. The van der Waals surface area contributed by atoms with Crippen LogP contribution in [0, 0.1) is 0 Å². The van der Waals surface area contributed by atoms with E-state index in [9.17, 15) is 9.59 Å². The van der Waals surface area contributed by atoms with E-state index in [4.69, 9.17) is 9.26 Å². The Hall–Kier alpha value is -2.50. The van der Waals surface area contributed by atoms with Crippen molar-refractivity contribution >= 4 is 6.09 Å². The lowest BCUT2D eigenvalue weighted by atomic mass is 10.1. The Morgan fingerprint density at radius 1 is 1.33 bits per heavy atom. The van der Waals surface area contributed by atoms with Crippen molar-refractivity contribution in [1.29, 1.82) is 0 Å². The zero-order valence-corrected chi connectivity index (χ0v) is 11.7. The third-order valence-electron chi connectivity index (χ3n) is 3.60. The van der Waals surface area contributed by atoms with E-state index in [1.807, 2.05) is 30.3 Å². The molecule has 0 unspecified atom stereocenters. The number of aromatic nitrogens is 1. The van der Waals surface area contributed by atoms with Crippen LogP contribution in [0.5, 0.6) is 0 Å². The van der Waals surface area contributed by atoms with E-state index in [1.165, 1.54) is 16.7 Å². The molecule has 110 valence electrons. The van der Waals surface area contributed by atoms with Crippen molar-refractivity contribution in [3.8, 4) is 0 Å². The van der Waals surface area contributed by atoms with Crippen LogP contribution in [0.4, 0.5) is 4.79 Å². The van der Waals surface area contributed by atoms with Crippen LogP contribution in [-0.2, 0) is 24.2 Å². The number of fused-ring (bicyclic) bond motifs is 1. The Morgan fingerprint density at radius 2 is 2.10 bits per heavy atom. The molecule has 0 bridgehead atoms. The Kier molecular flexibility index (Phi) is 3.51. The number of nitrogens with zero attached hydrogens (tertiary/aromatic N) is 2. The van der Waals surface area contributed by atoms with E-state index in [-0.39, 0.29) is 12.1 Å². The summed E-state index contributed by atoms with van der Waals surface area (Å²) in [5.74, 6) is 0.663. The highest BCUT2D eigenvalue weighted by Crippen LogP contribution is 2.17. The van der Waals surface area contributed by atoms with Gasteiger partial charge in [0.1, 0.15) is 5.76 Å². The van der Waals surface area contributed by atoms with Crippen molar-refractivity contribution in [2.75, 3.05) is 13.7 Å². The molecule has 0 atom stereocenters. The lowest BCUT2D eigenvalue weighted by Gasteiger charge is -2.23. The Balaban J connectivity index is 1.86. The zero-order valence-electron chi connectivity index (χ0n) is 11.7. The molecule has 1 aromatic heterocycles. The number of hydrogen-bond donors (Lipinski definition) is 0. The molecule has 1 aliphatic rings. The number of benzene rings is 1. The fourth-order valence-electron chi connectivity index (χ4n) is 2.50. The molecule has 1 amide bonds. The fraction of sp³-hybridized carbons (Fsp3) is 0.333. The maximum absolute atomic E-state index is 12.4. The van der Waals surface area contributed by atoms with Gasteiger partial charge >= 0.3 is 6.09 Å². The van der Waals surface area contributed by atoms with Crippen molar-refractivity contribution in [1.82, 2.24) is 9.64 Å². The summed E-state index contributed by atoms with van der Waals surface area (Å²) in [5.41, 5.74) is 1.36. The van der Waals surface area contributed by atoms with E-state index in [0.29, 0.717) is 30.8 Å². The smallest absolute Gasteiger partial charge is 0.409 e. The monoisotopic (exact) mass is 288 g/mol. The van der Waals surface area contributed by atoms with Crippen LogP contribution in [0.25, 0.3) is 0 Å². The van der Waals surface area contributed by atoms with Crippen LogP contribution < -0.4 is 5.56 Å². The minimum absolute atomic E-state index is 0.178. The van der Waals surface area contributed by atoms with Gasteiger partial charge in [0.2, 0.25) is 0 Å². The van der Waals surface area contributed by atoms with Crippen molar-refractivity contribution < 1.29 is 14.1 Å². The fourth-order valence-corrected chi connectivity index (χ4v) is 2.50. The van der Waals surface area contributed by atoms with E-state index in [0.717, 1.165) is 5.56 Å². The van der Waals surface area contributed by atoms with Gasteiger partial charge in [0.05, 0.1) is 25.8 Å². The van der Waals surface area contributed by atoms with Gasteiger partial charge in [-0.3, -0.25) is 4.79 Å². The molecule has 0 spiro atoms. The highest BCUT2D eigenvalue weighted by molar-refractivity contribution is 5.67. The third kappa shape index (κ3) is 2.56. The number of hydrogen-bond acceptors (Lipinski definition) is 4. The Bertz CT molecular complexity index is 702. The number of amides is 1. The molecule has 0 fully saturated rings. The summed E-state index contributed by atoms with van der Waals surface area (Å²) in [7, 11) is 1.33. The molecule has 6 nitrogen and oxygen atoms in total. The second-order valence-electron chi connectivity index (χ2n) is 4.96. The molecule has 0 aliphatic carbocycles. The molecule has 2 aromatic rings. The predicted molar refractivity (Wildman–Crippen MR) is 75.0 cm³/mol. The molecule has 0 radical (unpaired) electrons. The molecule has 2 heterocycles. The molecule has 0 saturated carbocycles. The van der Waals surface area contributed by atoms with Gasteiger partial charge in [0.15, 0.2) is 0 Å². The summed E-state index contributed by atoms with van der Waals surface area (Å²) in [6.45, 7) is 1.13. The highest BCUT2D eigenvalue weighted by Gasteiger charge is 2.27. The Labute approximate surface area is 121 Å². The Morgan fingerprint density at radius 3 is 2.81 bits per heavy atom. The second kappa shape index (κ2) is 5.47. The average molecular weight is 288 g/mol. The zero-order chi connectivity index (χ0) is 14.8. The molecule has 1 aromatic carbocycles. The molecular weight excluding hydrogens is 272 g/mol.